The first-order valence-electron chi connectivity index (χ1n) is 9.88. The highest BCUT2D eigenvalue weighted by Gasteiger charge is 2.16. The van der Waals surface area contributed by atoms with Gasteiger partial charge in [0.2, 0.25) is 5.95 Å². The van der Waals surface area contributed by atoms with E-state index in [1.807, 2.05) is 36.4 Å². The molecule has 1 amide bonds. The highest BCUT2D eigenvalue weighted by atomic mass is 16.3. The van der Waals surface area contributed by atoms with Crippen LogP contribution in [-0.2, 0) is 0 Å². The van der Waals surface area contributed by atoms with Crippen LogP contribution >= 0.6 is 0 Å². The Morgan fingerprint density at radius 2 is 1.72 bits per heavy atom. The molecule has 0 aliphatic heterocycles. The first kappa shape index (κ1) is 19.4. The largest absolute Gasteiger partial charge is 0.451 e. The second kappa shape index (κ2) is 7.92. The summed E-state index contributed by atoms with van der Waals surface area (Å²) in [5, 5.41) is 10.5. The van der Waals surface area contributed by atoms with Crippen LogP contribution in [0.2, 0.25) is 0 Å². The van der Waals surface area contributed by atoms with Gasteiger partial charge in [0.25, 0.3) is 5.91 Å². The van der Waals surface area contributed by atoms with Crippen LogP contribution in [0.1, 0.15) is 27.8 Å². The van der Waals surface area contributed by atoms with E-state index in [1.54, 1.807) is 36.4 Å². The van der Waals surface area contributed by atoms with Crippen LogP contribution in [0.25, 0.3) is 33.7 Å². The molecule has 156 valence electrons. The Morgan fingerprint density at radius 3 is 2.53 bits per heavy atom. The summed E-state index contributed by atoms with van der Waals surface area (Å²) in [6.45, 7) is 1.51. The lowest BCUT2D eigenvalue weighted by atomic mass is 10.1. The number of fused-ring (bicyclic) bond motifs is 1. The van der Waals surface area contributed by atoms with Crippen molar-refractivity contribution in [1.82, 2.24) is 20.2 Å². The number of Topliss-reactive ketones (excluding diaryl/α,β-unsaturated/α-hetero) is 1. The number of hydrogen-bond donors (Lipinski definition) is 2. The van der Waals surface area contributed by atoms with Crippen LogP contribution in [0, 0.1) is 0 Å². The van der Waals surface area contributed by atoms with Crippen LogP contribution in [0.4, 0.5) is 5.95 Å². The number of aromatic amines is 1. The van der Waals surface area contributed by atoms with Gasteiger partial charge in [-0.2, -0.15) is 4.98 Å². The summed E-state index contributed by atoms with van der Waals surface area (Å²) in [5.41, 5.74) is 2.83. The predicted molar refractivity (Wildman–Crippen MR) is 119 cm³/mol. The molecule has 5 aromatic rings. The monoisotopic (exact) mass is 423 g/mol. The maximum Gasteiger partial charge on any atom is 0.293 e. The lowest BCUT2D eigenvalue weighted by Crippen LogP contribution is -2.12. The van der Waals surface area contributed by atoms with Crippen molar-refractivity contribution in [2.45, 2.75) is 6.92 Å². The summed E-state index contributed by atoms with van der Waals surface area (Å²) in [5.74, 6) is 0.696. The zero-order valence-electron chi connectivity index (χ0n) is 17.0. The Bertz CT molecular complexity index is 1450. The Labute approximate surface area is 182 Å². The molecule has 3 aromatic heterocycles. The number of hydrogen-bond acceptors (Lipinski definition) is 6. The normalized spacial score (nSPS) is 10.9. The molecule has 0 unspecified atom stereocenters. The molecule has 8 nitrogen and oxygen atoms in total. The van der Waals surface area contributed by atoms with Crippen molar-refractivity contribution in [3.05, 3.63) is 84.1 Å². The first-order chi connectivity index (χ1) is 15.6. The standard InChI is InChI=1S/C24H17N5O3/c1-14(30)15-6-8-17(9-7-15)20-12-13-21(32-20)23(31)27-24-26-22(28-29-24)19-11-10-16-4-2-3-5-18(16)25-19/h2-13H,1H3,(H2,26,27,28,29,31). The van der Waals surface area contributed by atoms with Gasteiger partial charge in [-0.05, 0) is 31.2 Å². The molecule has 3 heterocycles. The maximum atomic E-state index is 12.6. The van der Waals surface area contributed by atoms with Crippen LogP contribution in [0.15, 0.2) is 77.2 Å². The van der Waals surface area contributed by atoms with Gasteiger partial charge in [-0.1, -0.05) is 48.5 Å². The number of furan rings is 1. The predicted octanol–water partition coefficient (Wildman–Crippen LogP) is 4.73. The number of carbonyl (C=O) groups is 2. The number of amides is 1. The number of para-hydroxylation sites is 1. The molecule has 0 atom stereocenters. The minimum absolute atomic E-state index is 0.0131. The van der Waals surface area contributed by atoms with E-state index in [4.69, 9.17) is 4.42 Å². The van der Waals surface area contributed by atoms with E-state index < -0.39 is 5.91 Å². The number of anilines is 1. The number of carbonyl (C=O) groups excluding carboxylic acids is 2. The van der Waals surface area contributed by atoms with Gasteiger partial charge in [-0.3, -0.25) is 20.0 Å². The number of benzene rings is 2. The fourth-order valence-electron chi connectivity index (χ4n) is 3.28. The molecule has 2 aromatic carbocycles. The van der Waals surface area contributed by atoms with Crippen LogP contribution in [0.3, 0.4) is 0 Å². The summed E-state index contributed by atoms with van der Waals surface area (Å²) in [4.78, 5) is 32.9. The molecule has 0 aliphatic rings. The smallest absolute Gasteiger partial charge is 0.293 e. The van der Waals surface area contributed by atoms with Crippen molar-refractivity contribution in [1.29, 1.82) is 0 Å². The van der Waals surface area contributed by atoms with Crippen molar-refractivity contribution >= 4 is 28.5 Å². The highest BCUT2D eigenvalue weighted by molar-refractivity contribution is 6.01. The number of H-pyrrole nitrogens is 1. The molecule has 0 saturated heterocycles. The average Bonchev–Trinajstić information content (AvgIpc) is 3.49. The fraction of sp³-hybridized carbons (Fsp3) is 0.0417. The molecule has 32 heavy (non-hydrogen) atoms. The lowest BCUT2D eigenvalue weighted by Gasteiger charge is -2.00. The second-order valence-corrected chi connectivity index (χ2v) is 7.15. The van der Waals surface area contributed by atoms with Crippen LogP contribution < -0.4 is 5.32 Å². The van der Waals surface area contributed by atoms with E-state index in [1.165, 1.54) is 6.92 Å². The highest BCUT2D eigenvalue weighted by Crippen LogP contribution is 2.24. The summed E-state index contributed by atoms with van der Waals surface area (Å²) < 4.78 is 5.67. The van der Waals surface area contributed by atoms with E-state index in [-0.39, 0.29) is 17.5 Å². The van der Waals surface area contributed by atoms with E-state index in [0.29, 0.717) is 22.8 Å². The molecule has 0 saturated carbocycles. The molecule has 8 heteroatoms. The molecule has 0 spiro atoms. The number of pyridine rings is 1. The van der Waals surface area contributed by atoms with E-state index in [2.05, 4.69) is 25.5 Å². The third kappa shape index (κ3) is 3.77. The Hall–Kier alpha value is -4.59. The molecule has 5 rings (SSSR count). The number of rotatable bonds is 5. The van der Waals surface area contributed by atoms with Gasteiger partial charge in [0.1, 0.15) is 11.5 Å². The molecular formula is C24H17N5O3. The van der Waals surface area contributed by atoms with Gasteiger partial charge in [0.05, 0.1) is 5.52 Å². The molecule has 0 radical (unpaired) electrons. The summed E-state index contributed by atoms with van der Waals surface area (Å²) in [6.07, 6.45) is 0. The van der Waals surface area contributed by atoms with Gasteiger partial charge in [0.15, 0.2) is 17.4 Å². The summed E-state index contributed by atoms with van der Waals surface area (Å²) >= 11 is 0. The average molecular weight is 423 g/mol. The lowest BCUT2D eigenvalue weighted by molar-refractivity contribution is 0.0993. The van der Waals surface area contributed by atoms with Crippen molar-refractivity contribution in [3.8, 4) is 22.8 Å². The number of nitrogens with zero attached hydrogens (tertiary/aromatic N) is 3. The minimum atomic E-state index is -0.478. The molecule has 0 fully saturated rings. The first-order valence-corrected chi connectivity index (χ1v) is 9.88. The zero-order chi connectivity index (χ0) is 22.1. The molecular weight excluding hydrogens is 406 g/mol. The summed E-state index contributed by atoms with van der Waals surface area (Å²) in [6, 6.07) is 21.8. The Balaban J connectivity index is 1.31. The van der Waals surface area contributed by atoms with Gasteiger partial charge in [0, 0.05) is 16.5 Å². The zero-order valence-corrected chi connectivity index (χ0v) is 17.0. The SMILES string of the molecule is CC(=O)c1ccc(-c2ccc(C(=O)Nc3n[nH]c(-c4ccc5ccccc5n4)n3)o2)cc1. The molecule has 2 N–H and O–H groups in total. The second-order valence-electron chi connectivity index (χ2n) is 7.15. The van der Waals surface area contributed by atoms with Crippen LogP contribution in [-0.4, -0.2) is 31.9 Å². The minimum Gasteiger partial charge on any atom is -0.451 e. The fourth-order valence-corrected chi connectivity index (χ4v) is 3.28. The van der Waals surface area contributed by atoms with Crippen molar-refractivity contribution in [3.63, 3.8) is 0 Å². The number of nitrogens with one attached hydrogen (secondary N) is 2. The number of ketones is 1. The Morgan fingerprint density at radius 1 is 0.906 bits per heavy atom. The molecule has 0 aliphatic carbocycles. The van der Waals surface area contributed by atoms with Gasteiger partial charge in [-0.15, -0.1) is 5.10 Å². The van der Waals surface area contributed by atoms with E-state index in [9.17, 15) is 9.59 Å². The topological polar surface area (TPSA) is 114 Å². The van der Waals surface area contributed by atoms with Gasteiger partial charge in [-0.25, -0.2) is 4.98 Å². The molecule has 0 bridgehead atoms. The maximum absolute atomic E-state index is 12.6. The van der Waals surface area contributed by atoms with Crippen molar-refractivity contribution in [2.24, 2.45) is 0 Å². The summed E-state index contributed by atoms with van der Waals surface area (Å²) in [7, 11) is 0. The van der Waals surface area contributed by atoms with Gasteiger partial charge >= 0.3 is 0 Å². The third-order valence-corrected chi connectivity index (χ3v) is 4.96. The van der Waals surface area contributed by atoms with Crippen LogP contribution in [0.5, 0.6) is 0 Å². The van der Waals surface area contributed by atoms with Crippen molar-refractivity contribution < 1.29 is 14.0 Å². The Kier molecular flexibility index (Phi) is 4.79. The quantitative estimate of drug-likeness (QED) is 0.395. The van der Waals surface area contributed by atoms with E-state index in [0.717, 1.165) is 16.5 Å². The van der Waals surface area contributed by atoms with Gasteiger partial charge < -0.3 is 4.42 Å². The van der Waals surface area contributed by atoms with E-state index >= 15 is 0 Å². The van der Waals surface area contributed by atoms with Crippen molar-refractivity contribution in [2.75, 3.05) is 5.32 Å². The third-order valence-electron chi connectivity index (χ3n) is 4.96. The number of aromatic nitrogens is 4.